The third kappa shape index (κ3) is 6.66. The van der Waals surface area contributed by atoms with E-state index in [4.69, 9.17) is 14.2 Å². The molecule has 0 saturated carbocycles. The average Bonchev–Trinajstić information content (AvgIpc) is 2.66. The molecule has 1 aromatic carbocycles. The van der Waals surface area contributed by atoms with E-state index in [0.717, 1.165) is 56.6 Å². The van der Waals surface area contributed by atoms with Crippen LogP contribution < -0.4 is 14.8 Å². The van der Waals surface area contributed by atoms with E-state index in [1.165, 1.54) is 5.57 Å². The highest BCUT2D eigenvalue weighted by atomic mass is 16.5. The standard InChI is InChI=1S/C19H29N3O3/c1-20-19(21-11-8-16-9-13-24-14-10-16)22(2)12-15-25-18-6-4-17(23-3)5-7-18/h4-7,9H,8,10-15H2,1-3H3,(H,20,21). The van der Waals surface area contributed by atoms with Gasteiger partial charge < -0.3 is 24.4 Å². The molecule has 2 rings (SSSR count). The molecule has 6 nitrogen and oxygen atoms in total. The van der Waals surface area contributed by atoms with Crippen molar-refractivity contribution in [1.29, 1.82) is 0 Å². The van der Waals surface area contributed by atoms with Gasteiger partial charge in [-0.3, -0.25) is 4.99 Å². The SMILES string of the molecule is CN=C(NCCC1=CCOCC1)N(C)CCOc1ccc(OC)cc1. The van der Waals surface area contributed by atoms with Crippen molar-refractivity contribution in [1.82, 2.24) is 10.2 Å². The minimum atomic E-state index is 0.589. The number of rotatable bonds is 8. The lowest BCUT2D eigenvalue weighted by Gasteiger charge is -2.22. The van der Waals surface area contributed by atoms with Crippen LogP contribution in [-0.2, 0) is 4.74 Å². The van der Waals surface area contributed by atoms with Crippen LogP contribution in [0.25, 0.3) is 0 Å². The van der Waals surface area contributed by atoms with Crippen molar-refractivity contribution in [3.63, 3.8) is 0 Å². The van der Waals surface area contributed by atoms with Crippen molar-refractivity contribution >= 4 is 5.96 Å². The van der Waals surface area contributed by atoms with E-state index in [9.17, 15) is 0 Å². The Bertz CT molecular complexity index is 570. The highest BCUT2D eigenvalue weighted by molar-refractivity contribution is 5.79. The van der Waals surface area contributed by atoms with Gasteiger partial charge in [-0.05, 0) is 37.1 Å². The van der Waals surface area contributed by atoms with E-state index >= 15 is 0 Å². The summed E-state index contributed by atoms with van der Waals surface area (Å²) >= 11 is 0. The highest BCUT2D eigenvalue weighted by Gasteiger charge is 2.07. The third-order valence-corrected chi connectivity index (χ3v) is 4.11. The molecule has 1 aliphatic heterocycles. The summed E-state index contributed by atoms with van der Waals surface area (Å²) in [6, 6.07) is 7.61. The van der Waals surface area contributed by atoms with Crippen LogP contribution >= 0.6 is 0 Å². The van der Waals surface area contributed by atoms with Gasteiger partial charge in [0, 0.05) is 20.6 Å². The van der Waals surface area contributed by atoms with Gasteiger partial charge in [0.2, 0.25) is 0 Å². The molecule has 0 saturated heterocycles. The molecule has 1 heterocycles. The molecule has 138 valence electrons. The van der Waals surface area contributed by atoms with Crippen LogP contribution in [0.15, 0.2) is 40.9 Å². The van der Waals surface area contributed by atoms with Crippen LogP contribution in [0.2, 0.25) is 0 Å². The molecule has 0 atom stereocenters. The van der Waals surface area contributed by atoms with Crippen LogP contribution in [0, 0.1) is 0 Å². The fraction of sp³-hybridized carbons (Fsp3) is 0.526. The smallest absolute Gasteiger partial charge is 0.193 e. The molecule has 0 aliphatic carbocycles. The van der Waals surface area contributed by atoms with Crippen molar-refractivity contribution in [2.75, 3.05) is 54.1 Å². The van der Waals surface area contributed by atoms with E-state index in [2.05, 4.69) is 21.3 Å². The Morgan fingerprint density at radius 2 is 2.04 bits per heavy atom. The van der Waals surface area contributed by atoms with Gasteiger partial charge in [-0.15, -0.1) is 0 Å². The molecule has 0 radical (unpaired) electrons. The number of ether oxygens (including phenoxy) is 3. The fourth-order valence-corrected chi connectivity index (χ4v) is 2.59. The Hall–Kier alpha value is -2.21. The number of nitrogens with one attached hydrogen (secondary N) is 1. The molecule has 25 heavy (non-hydrogen) atoms. The molecule has 1 N–H and O–H groups in total. The molecule has 0 spiro atoms. The second-order valence-electron chi connectivity index (χ2n) is 5.86. The van der Waals surface area contributed by atoms with Crippen molar-refractivity contribution < 1.29 is 14.2 Å². The second kappa shape index (κ2) is 10.6. The van der Waals surface area contributed by atoms with Gasteiger partial charge in [-0.25, -0.2) is 0 Å². The number of aliphatic imine (C=N–C) groups is 1. The summed E-state index contributed by atoms with van der Waals surface area (Å²) in [5.41, 5.74) is 1.46. The van der Waals surface area contributed by atoms with E-state index in [-0.39, 0.29) is 0 Å². The summed E-state index contributed by atoms with van der Waals surface area (Å²) in [5.74, 6) is 2.54. The number of hydrogen-bond acceptors (Lipinski definition) is 4. The summed E-state index contributed by atoms with van der Waals surface area (Å²) in [6.45, 7) is 3.80. The van der Waals surface area contributed by atoms with E-state index < -0.39 is 0 Å². The Morgan fingerprint density at radius 3 is 2.68 bits per heavy atom. The van der Waals surface area contributed by atoms with Gasteiger partial charge in [-0.1, -0.05) is 11.6 Å². The summed E-state index contributed by atoms with van der Waals surface area (Å²) in [5, 5.41) is 3.40. The predicted molar refractivity (Wildman–Crippen MR) is 101 cm³/mol. The van der Waals surface area contributed by atoms with E-state index in [1.807, 2.05) is 31.3 Å². The molecule has 1 aliphatic rings. The van der Waals surface area contributed by atoms with Crippen LogP contribution in [0.4, 0.5) is 0 Å². The molecule has 0 aromatic heterocycles. The van der Waals surface area contributed by atoms with Crippen molar-refractivity contribution in [3.8, 4) is 11.5 Å². The number of guanidine groups is 1. The number of methoxy groups -OCH3 is 1. The first kappa shape index (κ1) is 19.1. The quantitative estimate of drug-likeness (QED) is 0.444. The molecule has 0 unspecified atom stereocenters. The first-order valence-corrected chi connectivity index (χ1v) is 8.67. The van der Waals surface area contributed by atoms with Crippen LogP contribution in [0.3, 0.4) is 0 Å². The topological polar surface area (TPSA) is 55.3 Å². The van der Waals surface area contributed by atoms with Gasteiger partial charge in [0.15, 0.2) is 5.96 Å². The fourth-order valence-electron chi connectivity index (χ4n) is 2.59. The monoisotopic (exact) mass is 347 g/mol. The number of benzene rings is 1. The molecule has 0 bridgehead atoms. The zero-order valence-electron chi connectivity index (χ0n) is 15.5. The minimum absolute atomic E-state index is 0.589. The normalized spacial score (nSPS) is 14.7. The zero-order valence-corrected chi connectivity index (χ0v) is 15.5. The number of nitrogens with zero attached hydrogens (tertiary/aromatic N) is 2. The number of hydrogen-bond donors (Lipinski definition) is 1. The Morgan fingerprint density at radius 1 is 1.28 bits per heavy atom. The maximum atomic E-state index is 5.77. The van der Waals surface area contributed by atoms with Crippen LogP contribution in [-0.4, -0.2) is 65.0 Å². The Kier molecular flexibility index (Phi) is 8.12. The zero-order chi connectivity index (χ0) is 17.9. The summed E-state index contributed by atoms with van der Waals surface area (Å²) < 4.78 is 16.2. The lowest BCUT2D eigenvalue weighted by Crippen LogP contribution is -2.41. The number of likely N-dealkylation sites (N-methyl/N-ethyl adjacent to an activating group) is 1. The van der Waals surface area contributed by atoms with E-state index in [0.29, 0.717) is 6.61 Å². The van der Waals surface area contributed by atoms with Gasteiger partial charge in [0.1, 0.15) is 18.1 Å². The summed E-state index contributed by atoms with van der Waals surface area (Å²) in [6.07, 6.45) is 4.24. The summed E-state index contributed by atoms with van der Waals surface area (Å²) in [7, 11) is 5.47. The maximum Gasteiger partial charge on any atom is 0.193 e. The molecule has 0 fully saturated rings. The van der Waals surface area contributed by atoms with Crippen molar-refractivity contribution in [3.05, 3.63) is 35.9 Å². The van der Waals surface area contributed by atoms with Crippen LogP contribution in [0.5, 0.6) is 11.5 Å². The molecular weight excluding hydrogens is 318 g/mol. The van der Waals surface area contributed by atoms with Crippen LogP contribution in [0.1, 0.15) is 12.8 Å². The minimum Gasteiger partial charge on any atom is -0.497 e. The molecule has 6 heteroatoms. The van der Waals surface area contributed by atoms with Gasteiger partial charge >= 0.3 is 0 Å². The van der Waals surface area contributed by atoms with Gasteiger partial charge in [0.25, 0.3) is 0 Å². The molecule has 0 amide bonds. The maximum absolute atomic E-state index is 5.77. The molecule has 1 aromatic rings. The van der Waals surface area contributed by atoms with Gasteiger partial charge in [0.05, 0.1) is 26.9 Å². The lowest BCUT2D eigenvalue weighted by atomic mass is 10.1. The molecular formula is C19H29N3O3. The predicted octanol–water partition coefficient (Wildman–Crippen LogP) is 2.32. The Balaban J connectivity index is 1.68. The lowest BCUT2D eigenvalue weighted by molar-refractivity contribution is 0.153. The second-order valence-corrected chi connectivity index (χ2v) is 5.86. The first-order valence-electron chi connectivity index (χ1n) is 8.67. The Labute approximate surface area is 150 Å². The average molecular weight is 347 g/mol. The van der Waals surface area contributed by atoms with Crippen molar-refractivity contribution in [2.45, 2.75) is 12.8 Å². The van der Waals surface area contributed by atoms with Crippen molar-refractivity contribution in [2.24, 2.45) is 4.99 Å². The third-order valence-electron chi connectivity index (χ3n) is 4.11. The first-order chi connectivity index (χ1) is 12.2. The largest absolute Gasteiger partial charge is 0.497 e. The van der Waals surface area contributed by atoms with E-state index in [1.54, 1.807) is 14.2 Å². The van der Waals surface area contributed by atoms with Gasteiger partial charge in [-0.2, -0.15) is 0 Å². The summed E-state index contributed by atoms with van der Waals surface area (Å²) in [4.78, 5) is 6.41. The highest BCUT2D eigenvalue weighted by Crippen LogP contribution is 2.16.